The first kappa shape index (κ1) is 13.6. The molecule has 0 saturated heterocycles. The standard InChI is InChI=1S/C11H11BrN4O3/c12-5-10(17)6-15-7-13-11(14-15)8-2-1-3-9(4-8)16(18)19/h1-4,7,10,17H,5-6H2. The van der Waals surface area contributed by atoms with Crippen molar-refractivity contribution in [3.05, 3.63) is 40.7 Å². The van der Waals surface area contributed by atoms with Crippen molar-refractivity contribution in [2.75, 3.05) is 5.33 Å². The van der Waals surface area contributed by atoms with Gasteiger partial charge in [-0.3, -0.25) is 10.1 Å². The van der Waals surface area contributed by atoms with Crippen molar-refractivity contribution in [3.8, 4) is 11.4 Å². The van der Waals surface area contributed by atoms with E-state index in [0.29, 0.717) is 23.3 Å². The Morgan fingerprint density at radius 2 is 2.32 bits per heavy atom. The first-order valence-electron chi connectivity index (χ1n) is 5.48. The Morgan fingerprint density at radius 3 is 3.00 bits per heavy atom. The Balaban J connectivity index is 2.22. The number of aliphatic hydroxyl groups is 1. The summed E-state index contributed by atoms with van der Waals surface area (Å²) in [5.41, 5.74) is 0.565. The molecule has 1 unspecified atom stereocenters. The lowest BCUT2D eigenvalue weighted by Crippen LogP contribution is -2.17. The number of halogens is 1. The molecule has 0 saturated carbocycles. The summed E-state index contributed by atoms with van der Waals surface area (Å²) in [5, 5.41) is 24.8. The number of non-ortho nitro benzene ring substituents is 1. The molecule has 0 aliphatic rings. The summed E-state index contributed by atoms with van der Waals surface area (Å²) in [6.07, 6.45) is 0.930. The molecule has 1 atom stereocenters. The Hall–Kier alpha value is -1.80. The zero-order valence-electron chi connectivity index (χ0n) is 9.81. The molecule has 1 N–H and O–H groups in total. The van der Waals surface area contributed by atoms with Crippen LogP contribution in [0.2, 0.25) is 0 Å². The van der Waals surface area contributed by atoms with Gasteiger partial charge in [0, 0.05) is 23.0 Å². The second-order valence-corrected chi connectivity index (χ2v) is 4.55. The molecule has 0 radical (unpaired) electrons. The van der Waals surface area contributed by atoms with E-state index in [2.05, 4.69) is 26.0 Å². The molecule has 0 amide bonds. The molecule has 1 aromatic carbocycles. The van der Waals surface area contributed by atoms with Crippen LogP contribution in [0, 0.1) is 10.1 Å². The van der Waals surface area contributed by atoms with Gasteiger partial charge in [0.2, 0.25) is 0 Å². The van der Waals surface area contributed by atoms with E-state index in [1.54, 1.807) is 12.1 Å². The van der Waals surface area contributed by atoms with Crippen LogP contribution in [0.3, 0.4) is 0 Å². The number of nitro groups is 1. The summed E-state index contributed by atoms with van der Waals surface area (Å²) in [5.74, 6) is 0.394. The van der Waals surface area contributed by atoms with Gasteiger partial charge in [0.05, 0.1) is 17.6 Å². The number of alkyl halides is 1. The normalized spacial score (nSPS) is 12.3. The molecular weight excluding hydrogens is 316 g/mol. The van der Waals surface area contributed by atoms with Gasteiger partial charge in [-0.2, -0.15) is 5.10 Å². The van der Waals surface area contributed by atoms with Gasteiger partial charge in [-0.15, -0.1) is 0 Å². The van der Waals surface area contributed by atoms with Crippen LogP contribution in [0.5, 0.6) is 0 Å². The molecule has 8 heteroatoms. The second-order valence-electron chi connectivity index (χ2n) is 3.91. The first-order valence-corrected chi connectivity index (χ1v) is 6.60. The Bertz CT molecular complexity index is 587. The van der Waals surface area contributed by atoms with Gasteiger partial charge >= 0.3 is 0 Å². The highest BCUT2D eigenvalue weighted by molar-refractivity contribution is 9.09. The highest BCUT2D eigenvalue weighted by Crippen LogP contribution is 2.20. The van der Waals surface area contributed by atoms with Crippen molar-refractivity contribution in [2.45, 2.75) is 12.6 Å². The van der Waals surface area contributed by atoms with Crippen LogP contribution in [0.1, 0.15) is 0 Å². The Labute approximate surface area is 117 Å². The fourth-order valence-corrected chi connectivity index (χ4v) is 1.74. The molecular formula is C11H11BrN4O3. The topological polar surface area (TPSA) is 94.1 Å². The van der Waals surface area contributed by atoms with Crippen LogP contribution in [0.4, 0.5) is 5.69 Å². The van der Waals surface area contributed by atoms with E-state index in [9.17, 15) is 15.2 Å². The minimum atomic E-state index is -0.556. The summed E-state index contributed by atoms with van der Waals surface area (Å²) >= 11 is 3.16. The van der Waals surface area contributed by atoms with Gasteiger partial charge in [0.25, 0.3) is 5.69 Å². The van der Waals surface area contributed by atoms with Gasteiger partial charge in [0.1, 0.15) is 6.33 Å². The first-order chi connectivity index (χ1) is 9.10. The van der Waals surface area contributed by atoms with Crippen molar-refractivity contribution in [1.82, 2.24) is 14.8 Å². The lowest BCUT2D eigenvalue weighted by atomic mass is 10.2. The third-order valence-corrected chi connectivity index (χ3v) is 3.17. The summed E-state index contributed by atoms with van der Waals surface area (Å²) in [6.45, 7) is 0.313. The van der Waals surface area contributed by atoms with E-state index in [4.69, 9.17) is 0 Å². The van der Waals surface area contributed by atoms with Crippen LogP contribution in [-0.4, -0.2) is 36.2 Å². The van der Waals surface area contributed by atoms with Crippen LogP contribution in [0.25, 0.3) is 11.4 Å². The van der Waals surface area contributed by atoms with E-state index in [-0.39, 0.29) is 5.69 Å². The number of benzene rings is 1. The Morgan fingerprint density at radius 1 is 1.53 bits per heavy atom. The molecule has 0 spiro atoms. The molecule has 2 rings (SSSR count). The number of nitro benzene ring substituents is 1. The number of nitrogens with zero attached hydrogens (tertiary/aromatic N) is 4. The zero-order chi connectivity index (χ0) is 13.8. The highest BCUT2D eigenvalue weighted by atomic mass is 79.9. The lowest BCUT2D eigenvalue weighted by molar-refractivity contribution is -0.384. The summed E-state index contributed by atoms with van der Waals surface area (Å²) < 4.78 is 1.50. The van der Waals surface area contributed by atoms with E-state index < -0.39 is 11.0 Å². The number of aliphatic hydroxyl groups excluding tert-OH is 1. The summed E-state index contributed by atoms with van der Waals surface area (Å²) in [4.78, 5) is 14.3. The van der Waals surface area contributed by atoms with Gasteiger partial charge in [-0.05, 0) is 0 Å². The van der Waals surface area contributed by atoms with E-state index in [1.165, 1.54) is 23.1 Å². The predicted octanol–water partition coefficient (Wildman–Crippen LogP) is 1.61. The van der Waals surface area contributed by atoms with Crippen molar-refractivity contribution in [2.24, 2.45) is 0 Å². The fourth-order valence-electron chi connectivity index (χ4n) is 1.54. The van der Waals surface area contributed by atoms with Crippen LogP contribution in [0.15, 0.2) is 30.6 Å². The molecule has 0 aliphatic heterocycles. The molecule has 19 heavy (non-hydrogen) atoms. The average Bonchev–Trinajstić information content (AvgIpc) is 2.87. The van der Waals surface area contributed by atoms with Crippen LogP contribution >= 0.6 is 15.9 Å². The molecule has 1 heterocycles. The number of aromatic nitrogens is 3. The molecule has 2 aromatic rings. The highest BCUT2D eigenvalue weighted by Gasteiger charge is 2.11. The van der Waals surface area contributed by atoms with Gasteiger partial charge in [-0.25, -0.2) is 9.67 Å². The summed E-state index contributed by atoms with van der Waals surface area (Å²) in [6, 6.07) is 6.12. The molecule has 1 aromatic heterocycles. The maximum absolute atomic E-state index is 10.7. The molecule has 7 nitrogen and oxygen atoms in total. The quantitative estimate of drug-likeness (QED) is 0.511. The number of hydrogen-bond donors (Lipinski definition) is 1. The average molecular weight is 327 g/mol. The maximum Gasteiger partial charge on any atom is 0.270 e. The fraction of sp³-hybridized carbons (Fsp3) is 0.273. The predicted molar refractivity (Wildman–Crippen MR) is 71.9 cm³/mol. The van der Waals surface area contributed by atoms with Crippen molar-refractivity contribution < 1.29 is 10.0 Å². The Kier molecular flexibility index (Phi) is 4.23. The van der Waals surface area contributed by atoms with E-state index in [0.717, 1.165) is 0 Å². The minimum Gasteiger partial charge on any atom is -0.390 e. The minimum absolute atomic E-state index is 0.00524. The zero-order valence-corrected chi connectivity index (χ0v) is 11.4. The van der Waals surface area contributed by atoms with Gasteiger partial charge in [-0.1, -0.05) is 28.1 Å². The number of rotatable bonds is 5. The van der Waals surface area contributed by atoms with Gasteiger partial charge in [0.15, 0.2) is 5.82 Å². The third kappa shape index (κ3) is 3.36. The smallest absolute Gasteiger partial charge is 0.270 e. The van der Waals surface area contributed by atoms with Crippen molar-refractivity contribution in [1.29, 1.82) is 0 Å². The third-order valence-electron chi connectivity index (χ3n) is 2.43. The maximum atomic E-state index is 10.7. The van der Waals surface area contributed by atoms with Crippen LogP contribution < -0.4 is 0 Å². The van der Waals surface area contributed by atoms with Gasteiger partial charge < -0.3 is 5.11 Å². The lowest BCUT2D eigenvalue weighted by Gasteiger charge is -2.05. The molecule has 0 bridgehead atoms. The monoisotopic (exact) mass is 326 g/mol. The van der Waals surface area contributed by atoms with Crippen LogP contribution in [-0.2, 0) is 6.54 Å². The largest absolute Gasteiger partial charge is 0.390 e. The number of hydrogen-bond acceptors (Lipinski definition) is 5. The van der Waals surface area contributed by atoms with Crippen molar-refractivity contribution >= 4 is 21.6 Å². The molecule has 0 fully saturated rings. The summed E-state index contributed by atoms with van der Waals surface area (Å²) in [7, 11) is 0. The second kappa shape index (κ2) is 5.89. The van der Waals surface area contributed by atoms with E-state index >= 15 is 0 Å². The molecule has 100 valence electrons. The SMILES string of the molecule is O=[N+]([O-])c1cccc(-c2ncn(CC(O)CBr)n2)c1. The van der Waals surface area contributed by atoms with E-state index in [1.807, 2.05) is 0 Å². The molecule has 0 aliphatic carbocycles. The van der Waals surface area contributed by atoms with Crippen molar-refractivity contribution in [3.63, 3.8) is 0 Å².